The summed E-state index contributed by atoms with van der Waals surface area (Å²) >= 11 is 0. The molecule has 0 radical (unpaired) electrons. The smallest absolute Gasteiger partial charge is 0.250 e. The molecule has 0 amide bonds. The Morgan fingerprint density at radius 2 is 1.87 bits per heavy atom. The number of Topliss-reactive ketones (excluding diaryl/α,β-unsaturated/α-hetero) is 1. The first-order valence-corrected chi connectivity index (χ1v) is 13.7. The van der Waals surface area contributed by atoms with E-state index < -0.39 is 13.7 Å². The van der Waals surface area contributed by atoms with E-state index in [9.17, 15) is 9.59 Å². The zero-order valence-electron chi connectivity index (χ0n) is 19.2. The third kappa shape index (κ3) is 2.99. The number of ether oxygens (including phenoxy) is 1. The number of carbonyl (C=O) groups is 2. The molecule has 162 valence electrons. The molecule has 0 spiro atoms. The SMILES string of the molecule is COC1=CC2[C@@H]3C=C4C=CC(=O)C(O[Si](C)(C)C(C)(C)C)=C4[C@]2(CCN3C)CC1=O. The van der Waals surface area contributed by atoms with Crippen LogP contribution in [0, 0.1) is 11.3 Å². The Morgan fingerprint density at radius 3 is 2.50 bits per heavy atom. The molecule has 1 saturated heterocycles. The molecule has 5 nitrogen and oxygen atoms in total. The summed E-state index contributed by atoms with van der Waals surface area (Å²) in [5.74, 6) is 0.939. The molecule has 1 unspecified atom stereocenters. The molecule has 3 aliphatic carbocycles. The van der Waals surface area contributed by atoms with Crippen LogP contribution in [0.25, 0.3) is 0 Å². The number of hydrogen-bond acceptors (Lipinski definition) is 5. The first kappa shape index (κ1) is 21.3. The van der Waals surface area contributed by atoms with Crippen molar-refractivity contribution < 1.29 is 18.8 Å². The number of carbonyl (C=O) groups excluding carboxylic acids is 2. The summed E-state index contributed by atoms with van der Waals surface area (Å²) in [7, 11) is 1.45. The third-order valence-corrected chi connectivity index (χ3v) is 12.2. The van der Waals surface area contributed by atoms with Crippen molar-refractivity contribution in [2.45, 2.75) is 57.8 Å². The fourth-order valence-corrected chi connectivity index (χ4v) is 6.12. The standard InChI is InChI=1S/C24H33NO4Si/c1-23(2,3)30(6,7)29-22-18(26)9-8-15-12-17-16-13-20(28-5)19(27)14-24(16,21(15)22)10-11-25(17)4/h8-9,12-13,16-17H,10-11,14H2,1-7H3/t16?,17-,24+/m0/s1. The van der Waals surface area contributed by atoms with Gasteiger partial charge >= 0.3 is 0 Å². The fraction of sp³-hybridized carbons (Fsp3) is 0.583. The van der Waals surface area contributed by atoms with Crippen molar-refractivity contribution in [2.75, 3.05) is 20.7 Å². The van der Waals surface area contributed by atoms with E-state index in [2.05, 4.69) is 51.9 Å². The normalized spacial score (nSPS) is 31.7. The van der Waals surface area contributed by atoms with Crippen LogP contribution in [0.15, 0.2) is 47.0 Å². The predicted molar refractivity (Wildman–Crippen MR) is 119 cm³/mol. The minimum atomic E-state index is -2.24. The van der Waals surface area contributed by atoms with Crippen LogP contribution in [-0.2, 0) is 18.8 Å². The van der Waals surface area contributed by atoms with E-state index in [1.165, 1.54) is 0 Å². The van der Waals surface area contributed by atoms with Gasteiger partial charge in [0.15, 0.2) is 17.3 Å². The van der Waals surface area contributed by atoms with Crippen LogP contribution in [0.2, 0.25) is 18.1 Å². The van der Waals surface area contributed by atoms with Crippen LogP contribution in [0.5, 0.6) is 0 Å². The van der Waals surface area contributed by atoms with Crippen molar-refractivity contribution in [1.29, 1.82) is 0 Å². The Labute approximate surface area is 180 Å². The molecule has 30 heavy (non-hydrogen) atoms. The summed E-state index contributed by atoms with van der Waals surface area (Å²) in [5.41, 5.74) is 1.57. The number of fused-ring (bicyclic) bond motifs is 1. The number of allylic oxidation sites excluding steroid dienone is 5. The maximum atomic E-state index is 13.1. The first-order valence-electron chi connectivity index (χ1n) is 10.8. The second kappa shape index (κ2) is 6.79. The molecule has 0 aromatic rings. The van der Waals surface area contributed by atoms with Crippen molar-refractivity contribution in [1.82, 2.24) is 4.90 Å². The molecular weight excluding hydrogens is 394 g/mol. The van der Waals surface area contributed by atoms with Crippen molar-refractivity contribution in [2.24, 2.45) is 11.3 Å². The molecule has 1 fully saturated rings. The predicted octanol–water partition coefficient (Wildman–Crippen LogP) is 4.15. The van der Waals surface area contributed by atoms with E-state index in [0.717, 1.165) is 24.1 Å². The average Bonchev–Trinajstić information content (AvgIpc) is 2.65. The second-order valence-corrected chi connectivity index (χ2v) is 15.3. The summed E-state index contributed by atoms with van der Waals surface area (Å²) < 4.78 is 12.1. The Bertz CT molecular complexity index is 933. The van der Waals surface area contributed by atoms with Crippen LogP contribution < -0.4 is 0 Å². The molecule has 0 aromatic carbocycles. The lowest BCUT2D eigenvalue weighted by molar-refractivity contribution is -0.124. The highest BCUT2D eigenvalue weighted by Crippen LogP contribution is 2.59. The molecule has 3 atom stereocenters. The quantitative estimate of drug-likeness (QED) is 0.633. The molecule has 4 rings (SSSR count). The maximum Gasteiger partial charge on any atom is 0.250 e. The highest BCUT2D eigenvalue weighted by molar-refractivity contribution is 6.74. The van der Waals surface area contributed by atoms with Crippen LogP contribution in [-0.4, -0.2) is 51.5 Å². The van der Waals surface area contributed by atoms with E-state index in [1.54, 1.807) is 13.2 Å². The topological polar surface area (TPSA) is 55.8 Å². The highest BCUT2D eigenvalue weighted by atomic mass is 28.4. The van der Waals surface area contributed by atoms with Gasteiger partial charge in [-0.2, -0.15) is 0 Å². The van der Waals surface area contributed by atoms with Crippen LogP contribution in [0.3, 0.4) is 0 Å². The number of hydrogen-bond donors (Lipinski definition) is 0. The summed E-state index contributed by atoms with van der Waals surface area (Å²) in [4.78, 5) is 28.5. The first-order chi connectivity index (χ1) is 13.9. The van der Waals surface area contributed by atoms with E-state index in [1.807, 2.05) is 12.2 Å². The van der Waals surface area contributed by atoms with Crippen molar-refractivity contribution in [3.05, 3.63) is 47.0 Å². The highest BCUT2D eigenvalue weighted by Gasteiger charge is 2.57. The molecule has 1 heterocycles. The summed E-state index contributed by atoms with van der Waals surface area (Å²) in [6, 6.07) is 0.169. The summed E-state index contributed by atoms with van der Waals surface area (Å²) in [5, 5.41) is -0.0293. The van der Waals surface area contributed by atoms with Crippen molar-refractivity contribution in [3.8, 4) is 0 Å². The van der Waals surface area contributed by atoms with Gasteiger partial charge in [0.2, 0.25) is 5.78 Å². The molecule has 0 saturated carbocycles. The Kier molecular flexibility index (Phi) is 4.82. The zero-order valence-corrected chi connectivity index (χ0v) is 20.2. The number of rotatable bonds is 3. The summed E-state index contributed by atoms with van der Waals surface area (Å²) in [6.07, 6.45) is 8.97. The van der Waals surface area contributed by atoms with Gasteiger partial charge in [-0.05, 0) is 55.9 Å². The second-order valence-electron chi connectivity index (χ2n) is 10.6. The number of likely N-dealkylation sites (tertiary alicyclic amines) is 1. The van der Waals surface area contributed by atoms with Gasteiger partial charge in [0.25, 0.3) is 8.32 Å². The summed E-state index contributed by atoms with van der Waals surface area (Å²) in [6.45, 7) is 11.7. The molecule has 4 aliphatic rings. The lowest BCUT2D eigenvalue weighted by Crippen LogP contribution is -2.58. The van der Waals surface area contributed by atoms with Crippen LogP contribution in [0.1, 0.15) is 33.6 Å². The zero-order chi connectivity index (χ0) is 22.1. The van der Waals surface area contributed by atoms with Gasteiger partial charge in [-0.15, -0.1) is 0 Å². The van der Waals surface area contributed by atoms with Gasteiger partial charge in [0.05, 0.1) is 7.11 Å². The fourth-order valence-electron chi connectivity index (χ4n) is 5.10. The number of likely N-dealkylation sites (N-methyl/N-ethyl adjacent to an activating group) is 1. The van der Waals surface area contributed by atoms with Gasteiger partial charge in [-0.3, -0.25) is 14.5 Å². The maximum absolute atomic E-state index is 13.1. The number of piperidine rings is 1. The molecule has 2 bridgehead atoms. The van der Waals surface area contributed by atoms with E-state index in [0.29, 0.717) is 17.9 Å². The Balaban J connectivity index is 1.95. The minimum absolute atomic E-state index is 0.0134. The van der Waals surface area contributed by atoms with Gasteiger partial charge in [0.1, 0.15) is 0 Å². The van der Waals surface area contributed by atoms with E-state index >= 15 is 0 Å². The Morgan fingerprint density at radius 1 is 1.17 bits per heavy atom. The van der Waals surface area contributed by atoms with E-state index in [-0.39, 0.29) is 28.6 Å². The lowest BCUT2D eigenvalue weighted by Gasteiger charge is -2.56. The molecular formula is C24H33NO4Si. The van der Waals surface area contributed by atoms with Gasteiger partial charge < -0.3 is 9.16 Å². The lowest BCUT2D eigenvalue weighted by atomic mass is 9.53. The van der Waals surface area contributed by atoms with E-state index in [4.69, 9.17) is 9.16 Å². The van der Waals surface area contributed by atoms with Crippen molar-refractivity contribution in [3.63, 3.8) is 0 Å². The largest absolute Gasteiger partial charge is 0.541 e. The Hall–Kier alpha value is -1.92. The van der Waals surface area contributed by atoms with Crippen molar-refractivity contribution >= 4 is 19.9 Å². The molecule has 0 aromatic heterocycles. The van der Waals surface area contributed by atoms with Gasteiger partial charge in [-0.25, -0.2) is 0 Å². The molecule has 6 heteroatoms. The number of methoxy groups -OCH3 is 1. The van der Waals surface area contributed by atoms with Gasteiger partial charge in [0, 0.05) is 29.4 Å². The van der Waals surface area contributed by atoms with Crippen LogP contribution in [0.4, 0.5) is 0 Å². The molecule has 1 aliphatic heterocycles. The third-order valence-electron chi connectivity index (χ3n) is 7.89. The molecule has 0 N–H and O–H groups in total. The van der Waals surface area contributed by atoms with Gasteiger partial charge in [-0.1, -0.05) is 32.9 Å². The number of ketones is 2. The minimum Gasteiger partial charge on any atom is -0.541 e. The van der Waals surface area contributed by atoms with Crippen LogP contribution >= 0.6 is 0 Å². The monoisotopic (exact) mass is 427 g/mol. The number of nitrogens with zero attached hydrogens (tertiary/aromatic N) is 1. The average molecular weight is 428 g/mol.